The number of aromatic nitrogens is 2. The third-order valence-corrected chi connectivity index (χ3v) is 2.35. The Morgan fingerprint density at radius 1 is 1.57 bits per heavy atom. The summed E-state index contributed by atoms with van der Waals surface area (Å²) in [6.07, 6.45) is 3.73. The number of ether oxygens (including phenoxy) is 1. The molecule has 2 heterocycles. The van der Waals surface area contributed by atoms with Gasteiger partial charge in [0, 0.05) is 24.9 Å². The van der Waals surface area contributed by atoms with E-state index in [1.165, 1.54) is 0 Å². The summed E-state index contributed by atoms with van der Waals surface area (Å²) in [5.41, 5.74) is 12.0. The molecule has 0 saturated carbocycles. The van der Waals surface area contributed by atoms with Crippen molar-refractivity contribution in [3.63, 3.8) is 0 Å². The Kier molecular flexibility index (Phi) is 2.60. The van der Waals surface area contributed by atoms with E-state index in [0.717, 1.165) is 25.0 Å². The third-order valence-electron chi connectivity index (χ3n) is 2.35. The first-order chi connectivity index (χ1) is 6.81. The highest BCUT2D eigenvalue weighted by Crippen LogP contribution is 2.26. The second-order valence-electron chi connectivity index (χ2n) is 3.34. The normalized spacial score (nSPS) is 21.4. The van der Waals surface area contributed by atoms with Gasteiger partial charge in [-0.05, 0) is 12.8 Å². The van der Waals surface area contributed by atoms with Crippen LogP contribution in [0.4, 0.5) is 5.82 Å². The van der Waals surface area contributed by atoms with Gasteiger partial charge < -0.3 is 16.2 Å². The highest BCUT2D eigenvalue weighted by atomic mass is 16.5. The highest BCUT2D eigenvalue weighted by Gasteiger charge is 2.20. The number of nitrogens with two attached hydrogens (primary N) is 2. The Labute approximate surface area is 82.5 Å². The van der Waals surface area contributed by atoms with Gasteiger partial charge in [-0.3, -0.25) is 0 Å². The van der Waals surface area contributed by atoms with E-state index in [0.29, 0.717) is 18.2 Å². The Morgan fingerprint density at radius 3 is 3.00 bits per heavy atom. The van der Waals surface area contributed by atoms with E-state index < -0.39 is 0 Å². The van der Waals surface area contributed by atoms with Gasteiger partial charge in [-0.2, -0.15) is 0 Å². The summed E-state index contributed by atoms with van der Waals surface area (Å²) in [7, 11) is 0. The lowest BCUT2D eigenvalue weighted by molar-refractivity contribution is 0.105. The molecule has 2 rings (SSSR count). The number of hydrogen-bond donors (Lipinski definition) is 2. The topological polar surface area (TPSA) is 87.0 Å². The molecule has 5 nitrogen and oxygen atoms in total. The van der Waals surface area contributed by atoms with Crippen LogP contribution >= 0.6 is 0 Å². The molecular formula is C9H14N4O. The smallest absolute Gasteiger partial charge is 0.159 e. The zero-order valence-electron chi connectivity index (χ0n) is 7.94. The highest BCUT2D eigenvalue weighted by molar-refractivity contribution is 5.37. The minimum atomic E-state index is 0.0177. The van der Waals surface area contributed by atoms with Crippen LogP contribution in [0.15, 0.2) is 6.20 Å². The van der Waals surface area contributed by atoms with Crippen LogP contribution in [0.5, 0.6) is 0 Å². The molecule has 1 unspecified atom stereocenters. The predicted molar refractivity (Wildman–Crippen MR) is 52.3 cm³/mol. The van der Waals surface area contributed by atoms with Crippen LogP contribution < -0.4 is 11.5 Å². The van der Waals surface area contributed by atoms with Crippen molar-refractivity contribution in [3.8, 4) is 0 Å². The van der Waals surface area contributed by atoms with Gasteiger partial charge >= 0.3 is 0 Å². The van der Waals surface area contributed by atoms with E-state index in [4.69, 9.17) is 16.2 Å². The Bertz CT molecular complexity index is 323. The van der Waals surface area contributed by atoms with Crippen LogP contribution in [0.25, 0.3) is 0 Å². The second kappa shape index (κ2) is 3.89. The molecule has 1 aliphatic heterocycles. The minimum Gasteiger partial charge on any atom is -0.383 e. The zero-order chi connectivity index (χ0) is 9.97. The lowest BCUT2D eigenvalue weighted by atomic mass is 10.2. The molecular weight excluding hydrogens is 180 g/mol. The fraction of sp³-hybridized carbons (Fsp3) is 0.556. The largest absolute Gasteiger partial charge is 0.383 e. The van der Waals surface area contributed by atoms with Crippen LogP contribution in [0.2, 0.25) is 0 Å². The van der Waals surface area contributed by atoms with Gasteiger partial charge in [0.1, 0.15) is 11.9 Å². The second-order valence-corrected chi connectivity index (χ2v) is 3.34. The summed E-state index contributed by atoms with van der Waals surface area (Å²) < 4.78 is 5.46. The average Bonchev–Trinajstić information content (AvgIpc) is 2.70. The Morgan fingerprint density at radius 2 is 2.43 bits per heavy atom. The summed E-state index contributed by atoms with van der Waals surface area (Å²) in [6, 6.07) is 0. The molecule has 0 aromatic carbocycles. The van der Waals surface area contributed by atoms with Crippen molar-refractivity contribution in [3.05, 3.63) is 17.6 Å². The summed E-state index contributed by atoms with van der Waals surface area (Å²) in [5, 5.41) is 0. The number of anilines is 1. The summed E-state index contributed by atoms with van der Waals surface area (Å²) in [6.45, 7) is 1.16. The standard InChI is InChI=1S/C9H14N4O/c10-4-6-5-12-9(13-8(6)11)7-2-1-3-14-7/h5,7H,1-4,10H2,(H2,11,12,13). The molecule has 1 aromatic heterocycles. The molecule has 1 aliphatic rings. The van der Waals surface area contributed by atoms with E-state index in [-0.39, 0.29) is 6.10 Å². The van der Waals surface area contributed by atoms with Crippen LogP contribution in [0.1, 0.15) is 30.3 Å². The van der Waals surface area contributed by atoms with Crippen molar-refractivity contribution in [1.82, 2.24) is 9.97 Å². The molecule has 0 spiro atoms. The lowest BCUT2D eigenvalue weighted by Crippen LogP contribution is -2.09. The van der Waals surface area contributed by atoms with Gasteiger partial charge in [-0.25, -0.2) is 9.97 Å². The monoisotopic (exact) mass is 194 g/mol. The van der Waals surface area contributed by atoms with Crippen molar-refractivity contribution < 1.29 is 4.74 Å². The molecule has 4 N–H and O–H groups in total. The lowest BCUT2D eigenvalue weighted by Gasteiger charge is -2.09. The minimum absolute atomic E-state index is 0.0177. The molecule has 76 valence electrons. The third kappa shape index (κ3) is 1.69. The van der Waals surface area contributed by atoms with Crippen LogP contribution in [-0.4, -0.2) is 16.6 Å². The van der Waals surface area contributed by atoms with E-state index in [1.54, 1.807) is 6.20 Å². The van der Waals surface area contributed by atoms with E-state index in [1.807, 2.05) is 0 Å². The molecule has 1 atom stereocenters. The first-order valence-electron chi connectivity index (χ1n) is 4.74. The van der Waals surface area contributed by atoms with Gasteiger partial charge in [-0.1, -0.05) is 0 Å². The first kappa shape index (κ1) is 9.36. The Hall–Kier alpha value is -1.20. The molecule has 0 radical (unpaired) electrons. The number of rotatable bonds is 2. The number of nitrogen functional groups attached to an aromatic ring is 1. The van der Waals surface area contributed by atoms with Gasteiger partial charge in [-0.15, -0.1) is 0 Å². The summed E-state index contributed by atoms with van der Waals surface area (Å²) in [5.74, 6) is 1.14. The molecule has 1 fully saturated rings. The van der Waals surface area contributed by atoms with Crippen molar-refractivity contribution in [1.29, 1.82) is 0 Å². The van der Waals surface area contributed by atoms with E-state index in [9.17, 15) is 0 Å². The molecule has 0 aliphatic carbocycles. The molecule has 0 bridgehead atoms. The van der Waals surface area contributed by atoms with Gasteiger partial charge in [0.2, 0.25) is 0 Å². The van der Waals surface area contributed by atoms with Crippen LogP contribution in [0.3, 0.4) is 0 Å². The van der Waals surface area contributed by atoms with E-state index >= 15 is 0 Å². The maximum absolute atomic E-state index is 5.71. The van der Waals surface area contributed by atoms with Crippen molar-refractivity contribution in [2.75, 3.05) is 12.3 Å². The zero-order valence-corrected chi connectivity index (χ0v) is 7.94. The molecule has 5 heteroatoms. The van der Waals surface area contributed by atoms with Crippen molar-refractivity contribution in [2.24, 2.45) is 5.73 Å². The average molecular weight is 194 g/mol. The quantitative estimate of drug-likeness (QED) is 0.710. The van der Waals surface area contributed by atoms with Crippen LogP contribution in [-0.2, 0) is 11.3 Å². The predicted octanol–water partition coefficient (Wildman–Crippen LogP) is 0.369. The van der Waals surface area contributed by atoms with E-state index in [2.05, 4.69) is 9.97 Å². The molecule has 1 saturated heterocycles. The van der Waals surface area contributed by atoms with Crippen molar-refractivity contribution >= 4 is 5.82 Å². The SMILES string of the molecule is NCc1cnc(C2CCCO2)nc1N. The first-order valence-corrected chi connectivity index (χ1v) is 4.74. The van der Waals surface area contributed by atoms with Crippen LogP contribution in [0, 0.1) is 0 Å². The van der Waals surface area contributed by atoms with Crippen molar-refractivity contribution in [2.45, 2.75) is 25.5 Å². The maximum atomic E-state index is 5.71. The molecule has 1 aromatic rings. The molecule has 14 heavy (non-hydrogen) atoms. The summed E-state index contributed by atoms with van der Waals surface area (Å²) >= 11 is 0. The fourth-order valence-electron chi connectivity index (χ4n) is 1.53. The number of hydrogen-bond acceptors (Lipinski definition) is 5. The van der Waals surface area contributed by atoms with Gasteiger partial charge in [0.25, 0.3) is 0 Å². The number of nitrogens with zero attached hydrogens (tertiary/aromatic N) is 2. The summed E-state index contributed by atoms with van der Waals surface area (Å²) in [4.78, 5) is 8.38. The fourth-order valence-corrected chi connectivity index (χ4v) is 1.53. The Balaban J connectivity index is 2.23. The van der Waals surface area contributed by atoms with Gasteiger partial charge in [0.05, 0.1) is 0 Å². The molecule has 0 amide bonds. The van der Waals surface area contributed by atoms with Gasteiger partial charge in [0.15, 0.2) is 5.82 Å². The maximum Gasteiger partial charge on any atom is 0.159 e.